The van der Waals surface area contributed by atoms with Gasteiger partial charge in [0.25, 0.3) is 0 Å². The van der Waals surface area contributed by atoms with Crippen LogP contribution in [-0.4, -0.2) is 91.0 Å². The quantitative estimate of drug-likeness (QED) is 0.560. The highest BCUT2D eigenvalue weighted by Crippen LogP contribution is 2.39. The predicted octanol–water partition coefficient (Wildman–Crippen LogP) is 2.12. The summed E-state index contributed by atoms with van der Waals surface area (Å²) < 4.78 is 16.2. The number of hydrogen-bond donors (Lipinski definition) is 2. The Kier molecular flexibility index (Phi) is 7.52. The lowest BCUT2D eigenvalue weighted by Crippen LogP contribution is -2.55. The van der Waals surface area contributed by atoms with Crippen LogP contribution in [0.1, 0.15) is 36.8 Å². The molecule has 0 saturated carbocycles. The topological polar surface area (TPSA) is 121 Å². The number of rotatable bonds is 7. The Morgan fingerprint density at radius 2 is 1.92 bits per heavy atom. The van der Waals surface area contributed by atoms with Gasteiger partial charge in [-0.05, 0) is 37.5 Å². The molecule has 3 fully saturated rings. The van der Waals surface area contributed by atoms with Crippen LogP contribution in [0.5, 0.6) is 11.6 Å². The van der Waals surface area contributed by atoms with Crippen molar-refractivity contribution >= 4 is 18.1 Å². The van der Waals surface area contributed by atoms with Gasteiger partial charge in [0.05, 0.1) is 32.9 Å². The lowest BCUT2D eigenvalue weighted by Gasteiger charge is -2.43. The molecule has 3 amide bonds. The van der Waals surface area contributed by atoms with E-state index in [0.717, 1.165) is 30.0 Å². The Morgan fingerprint density at radius 1 is 1.16 bits per heavy atom. The standard InChI is InChI=1S/C26H35N7O5/c1-4-38-25(35)31-10-8-26(9-11-31)17-32(24(34)33(26)16-18-6-5-7-20(12-18)36-2)23-27-15-21(22(30-23)37-3)19-13-28-29-14-19/h5-7,12,15,19,28-29H,4,8-11,13-14,16-17H2,1-3H3. The molecule has 0 aliphatic carbocycles. The van der Waals surface area contributed by atoms with Crippen LogP contribution in [-0.2, 0) is 11.3 Å². The first-order valence-corrected chi connectivity index (χ1v) is 13.0. The van der Waals surface area contributed by atoms with Gasteiger partial charge >= 0.3 is 12.1 Å². The molecule has 1 spiro atoms. The second kappa shape index (κ2) is 11.0. The van der Waals surface area contributed by atoms with Crippen LogP contribution < -0.4 is 25.2 Å². The lowest BCUT2D eigenvalue weighted by molar-refractivity contribution is 0.0553. The summed E-state index contributed by atoms with van der Waals surface area (Å²) in [5.41, 5.74) is 7.60. The van der Waals surface area contributed by atoms with Crippen LogP contribution in [0.25, 0.3) is 0 Å². The molecule has 1 aromatic heterocycles. The Labute approximate surface area is 222 Å². The van der Waals surface area contributed by atoms with Crippen molar-refractivity contribution in [1.29, 1.82) is 0 Å². The van der Waals surface area contributed by atoms with E-state index in [2.05, 4.69) is 20.8 Å². The number of methoxy groups -OCH3 is 2. The van der Waals surface area contributed by atoms with E-state index in [9.17, 15) is 9.59 Å². The summed E-state index contributed by atoms with van der Waals surface area (Å²) in [6.07, 6.45) is 2.68. The number of likely N-dealkylation sites (tertiary alicyclic amines) is 1. The summed E-state index contributed by atoms with van der Waals surface area (Å²) in [5, 5.41) is 0. The van der Waals surface area contributed by atoms with Crippen molar-refractivity contribution in [2.75, 3.05) is 58.5 Å². The minimum atomic E-state index is -0.488. The van der Waals surface area contributed by atoms with Crippen molar-refractivity contribution in [1.82, 2.24) is 30.6 Å². The molecule has 204 valence electrons. The molecule has 0 atom stereocenters. The maximum Gasteiger partial charge on any atom is 0.409 e. The molecule has 38 heavy (non-hydrogen) atoms. The Hall–Kier alpha value is -3.64. The summed E-state index contributed by atoms with van der Waals surface area (Å²) >= 11 is 0. The van der Waals surface area contributed by atoms with Gasteiger partial charge in [-0.25, -0.2) is 14.6 Å². The minimum Gasteiger partial charge on any atom is -0.497 e. The number of benzene rings is 1. The number of hydrogen-bond acceptors (Lipinski definition) is 9. The smallest absolute Gasteiger partial charge is 0.409 e. The van der Waals surface area contributed by atoms with E-state index >= 15 is 0 Å². The number of ether oxygens (including phenoxy) is 3. The number of carbonyl (C=O) groups excluding carboxylic acids is 2. The summed E-state index contributed by atoms with van der Waals surface area (Å²) in [6, 6.07) is 7.55. The molecule has 0 radical (unpaired) electrons. The first-order valence-electron chi connectivity index (χ1n) is 13.0. The number of urea groups is 1. The highest BCUT2D eigenvalue weighted by atomic mass is 16.6. The molecule has 5 rings (SSSR count). The number of aromatic nitrogens is 2. The van der Waals surface area contributed by atoms with E-state index in [1.54, 1.807) is 37.1 Å². The van der Waals surface area contributed by atoms with Crippen LogP contribution in [0.3, 0.4) is 0 Å². The Balaban J connectivity index is 1.44. The van der Waals surface area contributed by atoms with E-state index in [1.807, 2.05) is 29.2 Å². The summed E-state index contributed by atoms with van der Waals surface area (Å²) in [6.45, 7) is 5.44. The predicted molar refractivity (Wildman–Crippen MR) is 139 cm³/mol. The average molecular weight is 526 g/mol. The molecule has 0 unspecified atom stereocenters. The third-order valence-electron chi connectivity index (χ3n) is 7.65. The molecule has 3 saturated heterocycles. The van der Waals surface area contributed by atoms with Crippen LogP contribution in [0, 0.1) is 0 Å². The molecular formula is C26H35N7O5. The number of hydrazine groups is 1. The largest absolute Gasteiger partial charge is 0.497 e. The zero-order valence-corrected chi connectivity index (χ0v) is 22.1. The van der Waals surface area contributed by atoms with Gasteiger partial charge in [-0.1, -0.05) is 12.1 Å². The first-order chi connectivity index (χ1) is 18.5. The van der Waals surface area contributed by atoms with Gasteiger partial charge < -0.3 is 24.0 Å². The normalized spacial score (nSPS) is 19.3. The van der Waals surface area contributed by atoms with Gasteiger partial charge in [0.1, 0.15) is 5.75 Å². The maximum absolute atomic E-state index is 14.0. The number of carbonyl (C=O) groups is 2. The monoisotopic (exact) mass is 525 g/mol. The summed E-state index contributed by atoms with van der Waals surface area (Å²) in [5.74, 6) is 1.69. The fraction of sp³-hybridized carbons (Fsp3) is 0.538. The third-order valence-corrected chi connectivity index (χ3v) is 7.65. The molecule has 3 aliphatic rings. The molecule has 0 bridgehead atoms. The maximum atomic E-state index is 14.0. The van der Waals surface area contributed by atoms with E-state index < -0.39 is 5.54 Å². The van der Waals surface area contributed by atoms with Crippen LogP contribution in [0.15, 0.2) is 30.5 Å². The second-order valence-electron chi connectivity index (χ2n) is 9.81. The molecule has 4 heterocycles. The molecule has 1 aromatic carbocycles. The van der Waals surface area contributed by atoms with E-state index in [1.165, 1.54) is 0 Å². The van der Waals surface area contributed by atoms with Crippen LogP contribution >= 0.6 is 0 Å². The Morgan fingerprint density at radius 3 is 2.61 bits per heavy atom. The van der Waals surface area contributed by atoms with Gasteiger partial charge in [0.15, 0.2) is 0 Å². The average Bonchev–Trinajstić information content (AvgIpc) is 3.57. The van der Waals surface area contributed by atoms with E-state index in [-0.39, 0.29) is 18.0 Å². The van der Waals surface area contributed by atoms with Crippen molar-refractivity contribution in [3.63, 3.8) is 0 Å². The number of nitrogens with one attached hydrogen (secondary N) is 2. The number of nitrogens with zero attached hydrogens (tertiary/aromatic N) is 5. The van der Waals surface area contributed by atoms with Gasteiger partial charge in [-0.3, -0.25) is 15.8 Å². The van der Waals surface area contributed by atoms with Gasteiger partial charge in [0, 0.05) is 50.4 Å². The van der Waals surface area contributed by atoms with Crippen molar-refractivity contribution in [2.45, 2.75) is 37.8 Å². The van der Waals surface area contributed by atoms with Gasteiger partial charge in [0.2, 0.25) is 11.8 Å². The highest BCUT2D eigenvalue weighted by Gasteiger charge is 2.52. The summed E-state index contributed by atoms with van der Waals surface area (Å²) in [7, 11) is 3.21. The fourth-order valence-corrected chi connectivity index (χ4v) is 5.51. The molecule has 12 heteroatoms. The lowest BCUT2D eigenvalue weighted by atomic mass is 9.86. The van der Waals surface area contributed by atoms with Gasteiger partial charge in [-0.2, -0.15) is 4.98 Å². The highest BCUT2D eigenvalue weighted by molar-refractivity contribution is 5.94. The molecule has 2 aromatic rings. The van der Waals surface area contributed by atoms with Crippen LogP contribution in [0.4, 0.5) is 15.5 Å². The Bertz CT molecular complexity index is 1160. The SMILES string of the molecule is CCOC(=O)N1CCC2(CC1)CN(c1ncc(C3CNNC3)c(OC)n1)C(=O)N2Cc1cccc(OC)c1. The van der Waals surface area contributed by atoms with Crippen molar-refractivity contribution in [3.05, 3.63) is 41.6 Å². The summed E-state index contributed by atoms with van der Waals surface area (Å²) in [4.78, 5) is 40.9. The molecule has 3 aliphatic heterocycles. The van der Waals surface area contributed by atoms with E-state index in [4.69, 9.17) is 14.2 Å². The van der Waals surface area contributed by atoms with Crippen molar-refractivity contribution < 1.29 is 23.8 Å². The number of amides is 3. The first kappa shape index (κ1) is 26.0. The third kappa shape index (κ3) is 4.93. The second-order valence-corrected chi connectivity index (χ2v) is 9.81. The number of piperidine rings is 1. The molecular weight excluding hydrogens is 490 g/mol. The minimum absolute atomic E-state index is 0.170. The fourth-order valence-electron chi connectivity index (χ4n) is 5.51. The zero-order chi connectivity index (χ0) is 26.7. The van der Waals surface area contributed by atoms with Crippen molar-refractivity contribution in [2.24, 2.45) is 0 Å². The van der Waals surface area contributed by atoms with Crippen molar-refractivity contribution in [3.8, 4) is 11.6 Å². The number of anilines is 1. The molecule has 12 nitrogen and oxygen atoms in total. The van der Waals surface area contributed by atoms with Crippen LogP contribution in [0.2, 0.25) is 0 Å². The van der Waals surface area contributed by atoms with Gasteiger partial charge in [-0.15, -0.1) is 0 Å². The zero-order valence-electron chi connectivity index (χ0n) is 22.1. The molecule has 2 N–H and O–H groups in total. The van der Waals surface area contributed by atoms with E-state index in [0.29, 0.717) is 57.5 Å².